The van der Waals surface area contributed by atoms with Crippen molar-refractivity contribution in [1.29, 1.82) is 0 Å². The lowest BCUT2D eigenvalue weighted by molar-refractivity contribution is 0.377. The summed E-state index contributed by atoms with van der Waals surface area (Å²) < 4.78 is 0. The van der Waals surface area contributed by atoms with Crippen molar-refractivity contribution in [1.82, 2.24) is 5.32 Å². The van der Waals surface area contributed by atoms with Crippen LogP contribution in [0.4, 0.5) is 0 Å². The summed E-state index contributed by atoms with van der Waals surface area (Å²) in [6, 6.07) is 7.83. The largest absolute Gasteiger partial charge is 0.508 e. The normalized spacial score (nSPS) is 41.9. The van der Waals surface area contributed by atoms with Crippen LogP contribution < -0.4 is 5.32 Å². The van der Waals surface area contributed by atoms with Crippen molar-refractivity contribution in [2.75, 3.05) is 0 Å². The minimum Gasteiger partial charge on any atom is -0.508 e. The van der Waals surface area contributed by atoms with Crippen LogP contribution in [-0.4, -0.2) is 16.2 Å². The second kappa shape index (κ2) is 3.17. The Morgan fingerprint density at radius 3 is 1.74 bits per heavy atom. The summed E-state index contributed by atoms with van der Waals surface area (Å²) in [5.74, 6) is 0.974. The van der Waals surface area contributed by atoms with Crippen LogP contribution in [0, 0.1) is 11.3 Å². The molecule has 0 bridgehead atoms. The predicted molar refractivity (Wildman–Crippen MR) is 78.3 cm³/mol. The first-order valence-corrected chi connectivity index (χ1v) is 7.20. The molecule has 0 aromatic heterocycles. The van der Waals surface area contributed by atoms with Crippen LogP contribution >= 0.6 is 0 Å². The quantitative estimate of drug-likeness (QED) is 0.799. The van der Waals surface area contributed by atoms with Gasteiger partial charge >= 0.3 is 0 Å². The van der Waals surface area contributed by atoms with Gasteiger partial charge in [0.25, 0.3) is 0 Å². The van der Waals surface area contributed by atoms with E-state index in [0.717, 1.165) is 0 Å². The van der Waals surface area contributed by atoms with E-state index in [1.54, 1.807) is 0 Å². The van der Waals surface area contributed by atoms with E-state index in [1.807, 2.05) is 12.1 Å². The number of hydrogen-bond acceptors (Lipinski definition) is 2. The number of phenolic OH excluding ortho intramolecular Hbond substituents is 1. The van der Waals surface area contributed by atoms with Gasteiger partial charge in [0.15, 0.2) is 0 Å². The second-order valence-electron chi connectivity index (χ2n) is 7.67. The van der Waals surface area contributed by atoms with E-state index in [-0.39, 0.29) is 21.9 Å². The molecule has 3 rings (SSSR count). The molecule has 1 aliphatic carbocycles. The Morgan fingerprint density at radius 2 is 1.42 bits per heavy atom. The standard InChI is InChI=1S/C17H25NO/c1-11-14(2,3)17(11,16(6)15(4,5)18-16)12-7-9-13(19)10-8-12/h7-11,18-19H,1-6H3. The highest BCUT2D eigenvalue weighted by molar-refractivity contribution is 5.52. The van der Waals surface area contributed by atoms with Crippen molar-refractivity contribution in [3.05, 3.63) is 29.8 Å². The molecule has 1 heterocycles. The van der Waals surface area contributed by atoms with Crippen molar-refractivity contribution < 1.29 is 5.11 Å². The maximum atomic E-state index is 9.54. The molecule has 2 aliphatic rings. The molecule has 1 aromatic rings. The highest BCUT2D eigenvalue weighted by Crippen LogP contribution is 2.78. The van der Waals surface area contributed by atoms with E-state index in [0.29, 0.717) is 11.7 Å². The average Bonchev–Trinajstić information content (AvgIpc) is 2.99. The molecule has 1 saturated heterocycles. The zero-order chi connectivity index (χ0) is 14.3. The van der Waals surface area contributed by atoms with E-state index in [2.05, 4.69) is 59.0 Å². The number of hydrogen-bond donors (Lipinski definition) is 2. The third-order valence-corrected chi connectivity index (χ3v) is 6.53. The molecular weight excluding hydrogens is 234 g/mol. The van der Waals surface area contributed by atoms with Crippen LogP contribution in [0.1, 0.15) is 47.1 Å². The first kappa shape index (κ1) is 13.0. The maximum absolute atomic E-state index is 9.54. The Hall–Kier alpha value is -1.02. The molecule has 0 amide bonds. The lowest BCUT2D eigenvalue weighted by atomic mass is 9.72. The summed E-state index contributed by atoms with van der Waals surface area (Å²) in [7, 11) is 0. The van der Waals surface area contributed by atoms with Gasteiger partial charge in [-0.2, -0.15) is 0 Å². The van der Waals surface area contributed by atoms with Gasteiger partial charge in [-0.05, 0) is 49.8 Å². The Bertz CT molecular complexity index is 531. The van der Waals surface area contributed by atoms with Crippen LogP contribution in [0.5, 0.6) is 5.75 Å². The van der Waals surface area contributed by atoms with Crippen LogP contribution in [0.25, 0.3) is 0 Å². The maximum Gasteiger partial charge on any atom is 0.115 e. The number of benzene rings is 1. The summed E-state index contributed by atoms with van der Waals surface area (Å²) in [4.78, 5) is 0. The van der Waals surface area contributed by atoms with Crippen molar-refractivity contribution in [3.8, 4) is 5.75 Å². The van der Waals surface area contributed by atoms with Crippen molar-refractivity contribution in [2.24, 2.45) is 11.3 Å². The lowest BCUT2D eigenvalue weighted by Crippen LogP contribution is -2.38. The predicted octanol–water partition coefficient (Wildman–Crippen LogP) is 3.45. The summed E-state index contributed by atoms with van der Waals surface area (Å²) in [5, 5.41) is 13.3. The molecule has 104 valence electrons. The molecule has 0 radical (unpaired) electrons. The third-order valence-electron chi connectivity index (χ3n) is 6.53. The fourth-order valence-corrected chi connectivity index (χ4v) is 4.92. The zero-order valence-corrected chi connectivity index (χ0v) is 12.8. The molecule has 2 N–H and O–H groups in total. The molecule has 19 heavy (non-hydrogen) atoms. The summed E-state index contributed by atoms with van der Waals surface area (Å²) >= 11 is 0. The van der Waals surface area contributed by atoms with Crippen LogP contribution in [0.2, 0.25) is 0 Å². The first-order valence-electron chi connectivity index (χ1n) is 7.20. The van der Waals surface area contributed by atoms with Crippen molar-refractivity contribution in [2.45, 2.75) is 58.0 Å². The minimum absolute atomic E-state index is 0.125. The van der Waals surface area contributed by atoms with Gasteiger partial charge in [-0.3, -0.25) is 0 Å². The van der Waals surface area contributed by atoms with Gasteiger partial charge in [0, 0.05) is 16.5 Å². The first-order chi connectivity index (χ1) is 8.61. The summed E-state index contributed by atoms with van der Waals surface area (Å²) in [5.41, 5.74) is 2.08. The average molecular weight is 259 g/mol. The van der Waals surface area contributed by atoms with Gasteiger partial charge in [0.2, 0.25) is 0 Å². The molecule has 3 unspecified atom stereocenters. The SMILES string of the molecule is CC1C(C)(C)C1(c1ccc(O)cc1)C1(C)NC1(C)C. The number of phenols is 1. The molecule has 3 atom stereocenters. The number of aromatic hydroxyl groups is 1. The molecule has 2 fully saturated rings. The number of nitrogens with one attached hydrogen (secondary N) is 1. The lowest BCUT2D eigenvalue weighted by Gasteiger charge is -2.30. The highest BCUT2D eigenvalue weighted by Gasteiger charge is 2.84. The summed E-state index contributed by atoms with van der Waals surface area (Å²) in [6.07, 6.45) is 0. The van der Waals surface area contributed by atoms with E-state index in [4.69, 9.17) is 0 Å². The van der Waals surface area contributed by atoms with Gasteiger partial charge in [-0.15, -0.1) is 0 Å². The fraction of sp³-hybridized carbons (Fsp3) is 0.647. The fourth-order valence-electron chi connectivity index (χ4n) is 4.92. The Labute approximate surface area is 116 Å². The molecule has 0 spiro atoms. The second-order valence-corrected chi connectivity index (χ2v) is 7.67. The van der Waals surface area contributed by atoms with E-state index >= 15 is 0 Å². The van der Waals surface area contributed by atoms with E-state index < -0.39 is 0 Å². The smallest absolute Gasteiger partial charge is 0.115 e. The minimum atomic E-state index is 0.125. The molecule has 1 aromatic carbocycles. The topological polar surface area (TPSA) is 42.2 Å². The van der Waals surface area contributed by atoms with Crippen LogP contribution in [-0.2, 0) is 5.41 Å². The van der Waals surface area contributed by atoms with Crippen molar-refractivity contribution >= 4 is 0 Å². The highest BCUT2D eigenvalue weighted by atomic mass is 16.3. The van der Waals surface area contributed by atoms with E-state index in [1.165, 1.54) is 5.56 Å². The van der Waals surface area contributed by atoms with Gasteiger partial charge < -0.3 is 10.4 Å². The Balaban J connectivity index is 2.14. The van der Waals surface area contributed by atoms with Crippen molar-refractivity contribution in [3.63, 3.8) is 0 Å². The zero-order valence-electron chi connectivity index (χ0n) is 12.8. The Kier molecular flexibility index (Phi) is 2.17. The third kappa shape index (κ3) is 1.22. The molecule has 2 heteroatoms. The van der Waals surface area contributed by atoms with Gasteiger partial charge in [-0.25, -0.2) is 0 Å². The van der Waals surface area contributed by atoms with Gasteiger partial charge in [0.05, 0.1) is 0 Å². The van der Waals surface area contributed by atoms with Gasteiger partial charge in [0.1, 0.15) is 5.75 Å². The molecule has 1 saturated carbocycles. The van der Waals surface area contributed by atoms with Crippen LogP contribution in [0.3, 0.4) is 0 Å². The molecule has 2 nitrogen and oxygen atoms in total. The van der Waals surface area contributed by atoms with Crippen LogP contribution in [0.15, 0.2) is 24.3 Å². The van der Waals surface area contributed by atoms with Gasteiger partial charge in [-0.1, -0.05) is 32.9 Å². The molecular formula is C17H25NO. The monoisotopic (exact) mass is 259 g/mol. The Morgan fingerprint density at radius 1 is 1.00 bits per heavy atom. The molecule has 1 aliphatic heterocycles. The van der Waals surface area contributed by atoms with E-state index in [9.17, 15) is 5.11 Å². The summed E-state index contributed by atoms with van der Waals surface area (Å²) in [6.45, 7) is 14.0. The number of rotatable bonds is 2.